The highest BCUT2D eigenvalue weighted by molar-refractivity contribution is 5.47. The molecular weight excluding hydrogens is 322 g/mol. The average molecular weight is 356 g/mol. The molecule has 2 rings (SSSR count). The number of hydrogen-bond acceptors (Lipinski definition) is 3. The smallest absolute Gasteiger partial charge is 0.122 e. The minimum Gasteiger partial charge on any atom is -0.507 e. The maximum atomic E-state index is 10.7. The molecule has 0 spiro atoms. The second-order valence-electron chi connectivity index (χ2n) is 7.72. The quantitative estimate of drug-likeness (QED) is 0.723. The summed E-state index contributed by atoms with van der Waals surface area (Å²) in [6.45, 7) is 14.4. The van der Waals surface area contributed by atoms with Crippen LogP contribution in [0, 0.1) is 0 Å². The summed E-state index contributed by atoms with van der Waals surface area (Å²) in [4.78, 5) is 2.35. The Kier molecular flexibility index (Phi) is 7.10. The molecule has 0 saturated carbocycles. The van der Waals surface area contributed by atoms with Crippen LogP contribution in [0.15, 0.2) is 42.5 Å². The number of rotatable bonds is 8. The molecule has 0 amide bonds. The van der Waals surface area contributed by atoms with E-state index < -0.39 is 0 Å². The molecule has 1 N–H and O–H groups in total. The summed E-state index contributed by atoms with van der Waals surface area (Å²) in [5, 5.41) is 10.7. The van der Waals surface area contributed by atoms with Crippen molar-refractivity contribution in [3.8, 4) is 11.5 Å². The Hall–Kier alpha value is -2.00. The SMILES string of the molecule is CCN(CC)CCOc1ccccc1Cc1cccc(C(C)(C)C)c1O. The molecule has 2 aromatic rings. The minimum atomic E-state index is -0.0835. The number of phenols is 1. The zero-order valence-electron chi connectivity index (χ0n) is 16.9. The van der Waals surface area contributed by atoms with Crippen molar-refractivity contribution in [2.45, 2.75) is 46.5 Å². The van der Waals surface area contributed by atoms with E-state index in [1.165, 1.54) is 0 Å². The van der Waals surface area contributed by atoms with Gasteiger partial charge in [0.15, 0.2) is 0 Å². The lowest BCUT2D eigenvalue weighted by Gasteiger charge is -2.22. The average Bonchev–Trinajstić information content (AvgIpc) is 2.61. The van der Waals surface area contributed by atoms with Gasteiger partial charge in [-0.15, -0.1) is 0 Å². The monoisotopic (exact) mass is 355 g/mol. The van der Waals surface area contributed by atoms with Crippen LogP contribution in [0.1, 0.15) is 51.3 Å². The van der Waals surface area contributed by atoms with Gasteiger partial charge < -0.3 is 14.7 Å². The third-order valence-corrected chi connectivity index (χ3v) is 4.84. The molecule has 26 heavy (non-hydrogen) atoms. The van der Waals surface area contributed by atoms with Gasteiger partial charge in [-0.05, 0) is 41.3 Å². The molecule has 0 atom stereocenters. The van der Waals surface area contributed by atoms with Gasteiger partial charge in [0.1, 0.15) is 18.1 Å². The highest BCUT2D eigenvalue weighted by Crippen LogP contribution is 2.35. The van der Waals surface area contributed by atoms with Crippen LogP contribution < -0.4 is 4.74 Å². The third-order valence-electron chi connectivity index (χ3n) is 4.84. The molecule has 0 aliphatic rings. The van der Waals surface area contributed by atoms with Crippen LogP contribution in [0.3, 0.4) is 0 Å². The van der Waals surface area contributed by atoms with Gasteiger partial charge in [-0.3, -0.25) is 0 Å². The molecule has 0 aliphatic heterocycles. The van der Waals surface area contributed by atoms with Gasteiger partial charge in [0.2, 0.25) is 0 Å². The Morgan fingerprint density at radius 1 is 0.923 bits per heavy atom. The summed E-state index contributed by atoms with van der Waals surface area (Å²) < 4.78 is 6.06. The molecule has 3 nitrogen and oxygen atoms in total. The Balaban J connectivity index is 2.16. The normalized spacial score (nSPS) is 11.8. The third kappa shape index (κ3) is 5.25. The number of benzene rings is 2. The molecule has 2 aromatic carbocycles. The summed E-state index contributed by atoms with van der Waals surface area (Å²) in [6, 6.07) is 14.2. The summed E-state index contributed by atoms with van der Waals surface area (Å²) in [7, 11) is 0. The summed E-state index contributed by atoms with van der Waals surface area (Å²) in [5.41, 5.74) is 2.94. The van der Waals surface area contributed by atoms with E-state index in [2.05, 4.69) is 45.6 Å². The second-order valence-corrected chi connectivity index (χ2v) is 7.72. The van der Waals surface area contributed by atoms with Gasteiger partial charge in [0, 0.05) is 13.0 Å². The predicted octanol–water partition coefficient (Wildman–Crippen LogP) is 5.00. The van der Waals surface area contributed by atoms with Gasteiger partial charge in [-0.25, -0.2) is 0 Å². The molecule has 142 valence electrons. The Morgan fingerprint density at radius 3 is 2.23 bits per heavy atom. The molecule has 0 bridgehead atoms. The number of ether oxygens (including phenoxy) is 1. The number of para-hydroxylation sites is 2. The predicted molar refractivity (Wildman–Crippen MR) is 109 cm³/mol. The molecule has 0 aliphatic carbocycles. The van der Waals surface area contributed by atoms with E-state index >= 15 is 0 Å². The van der Waals surface area contributed by atoms with E-state index in [1.807, 2.05) is 36.4 Å². The topological polar surface area (TPSA) is 32.7 Å². The summed E-state index contributed by atoms with van der Waals surface area (Å²) in [6.07, 6.45) is 0.664. The first kappa shape index (κ1) is 20.3. The lowest BCUT2D eigenvalue weighted by molar-refractivity contribution is 0.222. The minimum absolute atomic E-state index is 0.0835. The van der Waals surface area contributed by atoms with Gasteiger partial charge in [-0.1, -0.05) is 71.0 Å². The van der Waals surface area contributed by atoms with Crippen molar-refractivity contribution in [1.29, 1.82) is 0 Å². The van der Waals surface area contributed by atoms with E-state index in [0.29, 0.717) is 18.8 Å². The molecular formula is C23H33NO2. The molecule has 0 unspecified atom stereocenters. The van der Waals surface area contributed by atoms with Crippen LogP contribution in [0.4, 0.5) is 0 Å². The Morgan fingerprint density at radius 2 is 1.58 bits per heavy atom. The first-order chi connectivity index (χ1) is 12.4. The fourth-order valence-corrected chi connectivity index (χ4v) is 3.16. The van der Waals surface area contributed by atoms with Crippen molar-refractivity contribution >= 4 is 0 Å². The van der Waals surface area contributed by atoms with E-state index in [9.17, 15) is 5.11 Å². The fraction of sp³-hybridized carbons (Fsp3) is 0.478. The fourth-order valence-electron chi connectivity index (χ4n) is 3.16. The van der Waals surface area contributed by atoms with E-state index in [4.69, 9.17) is 4.74 Å². The number of aromatic hydroxyl groups is 1. The number of phenolic OH excluding ortho intramolecular Hbond substituents is 1. The van der Waals surface area contributed by atoms with E-state index in [1.54, 1.807) is 0 Å². The molecule has 0 fully saturated rings. The molecule has 3 heteroatoms. The van der Waals surface area contributed by atoms with Crippen molar-refractivity contribution in [2.75, 3.05) is 26.2 Å². The van der Waals surface area contributed by atoms with Crippen molar-refractivity contribution < 1.29 is 9.84 Å². The zero-order valence-corrected chi connectivity index (χ0v) is 16.9. The number of hydrogen-bond donors (Lipinski definition) is 1. The van der Waals surface area contributed by atoms with Crippen molar-refractivity contribution in [3.63, 3.8) is 0 Å². The highest BCUT2D eigenvalue weighted by atomic mass is 16.5. The van der Waals surface area contributed by atoms with Crippen molar-refractivity contribution in [1.82, 2.24) is 4.90 Å². The van der Waals surface area contributed by atoms with Gasteiger partial charge >= 0.3 is 0 Å². The van der Waals surface area contributed by atoms with Gasteiger partial charge in [-0.2, -0.15) is 0 Å². The number of likely N-dealkylation sites (N-methyl/N-ethyl adjacent to an activating group) is 1. The van der Waals surface area contributed by atoms with Crippen LogP contribution in [0.25, 0.3) is 0 Å². The molecule has 0 radical (unpaired) electrons. The maximum Gasteiger partial charge on any atom is 0.122 e. The summed E-state index contributed by atoms with van der Waals surface area (Å²) in [5.74, 6) is 1.30. The highest BCUT2D eigenvalue weighted by Gasteiger charge is 2.20. The van der Waals surface area contributed by atoms with Crippen molar-refractivity contribution in [2.24, 2.45) is 0 Å². The van der Waals surface area contributed by atoms with Crippen LogP contribution in [-0.2, 0) is 11.8 Å². The maximum absolute atomic E-state index is 10.7. The van der Waals surface area contributed by atoms with Crippen LogP contribution in [0.2, 0.25) is 0 Å². The van der Waals surface area contributed by atoms with Gasteiger partial charge in [0.25, 0.3) is 0 Å². The molecule has 0 aromatic heterocycles. The lowest BCUT2D eigenvalue weighted by atomic mass is 9.84. The first-order valence-corrected chi connectivity index (χ1v) is 9.61. The molecule has 0 heterocycles. The first-order valence-electron chi connectivity index (χ1n) is 9.61. The van der Waals surface area contributed by atoms with Crippen molar-refractivity contribution in [3.05, 3.63) is 59.2 Å². The van der Waals surface area contributed by atoms with E-state index in [0.717, 1.165) is 42.1 Å². The number of nitrogens with zero attached hydrogens (tertiary/aromatic N) is 1. The van der Waals surface area contributed by atoms with Crippen LogP contribution in [-0.4, -0.2) is 36.2 Å². The summed E-state index contributed by atoms with van der Waals surface area (Å²) >= 11 is 0. The lowest BCUT2D eigenvalue weighted by Crippen LogP contribution is -2.28. The largest absolute Gasteiger partial charge is 0.507 e. The van der Waals surface area contributed by atoms with Crippen LogP contribution >= 0.6 is 0 Å². The van der Waals surface area contributed by atoms with E-state index in [-0.39, 0.29) is 5.41 Å². The molecule has 0 saturated heterocycles. The van der Waals surface area contributed by atoms with Crippen LogP contribution in [0.5, 0.6) is 11.5 Å². The zero-order chi connectivity index (χ0) is 19.2. The van der Waals surface area contributed by atoms with Gasteiger partial charge in [0.05, 0.1) is 0 Å². The standard InChI is InChI=1S/C23H33NO2/c1-6-24(7-2)15-16-26-21-14-9-8-11-18(21)17-19-12-10-13-20(22(19)25)23(3,4)5/h8-14,25H,6-7,15-17H2,1-5H3. The Labute approximate surface area is 158 Å². The Bertz CT molecular complexity index is 700. The second kappa shape index (κ2) is 9.09.